The number of hydrogen-bond acceptors (Lipinski definition) is 3. The van der Waals surface area contributed by atoms with Crippen molar-refractivity contribution in [3.8, 4) is 0 Å². The predicted molar refractivity (Wildman–Crippen MR) is 57.4 cm³/mol. The molecule has 3 heteroatoms. The van der Waals surface area contributed by atoms with Crippen LogP contribution < -0.4 is 0 Å². The van der Waals surface area contributed by atoms with Crippen molar-refractivity contribution in [2.45, 2.75) is 47.0 Å². The fourth-order valence-corrected chi connectivity index (χ4v) is 2.04. The van der Waals surface area contributed by atoms with Crippen LogP contribution >= 0.6 is 0 Å². The summed E-state index contributed by atoms with van der Waals surface area (Å²) in [5.41, 5.74) is -1.29. The van der Waals surface area contributed by atoms with Crippen molar-refractivity contribution in [1.82, 2.24) is 0 Å². The van der Waals surface area contributed by atoms with Crippen LogP contribution in [-0.2, 0) is 14.3 Å². The minimum atomic E-state index is -0.825. The zero-order valence-electron chi connectivity index (χ0n) is 10.1. The molecule has 0 unspecified atom stereocenters. The maximum absolute atomic E-state index is 12.2. The Balaban J connectivity index is 2.86. The summed E-state index contributed by atoms with van der Waals surface area (Å²) < 4.78 is 5.01. The van der Waals surface area contributed by atoms with E-state index in [0.29, 0.717) is 19.4 Å². The lowest BCUT2D eigenvalue weighted by Crippen LogP contribution is -2.50. The minimum Gasteiger partial charge on any atom is -0.465 e. The predicted octanol–water partition coefficient (Wildman–Crippen LogP) is 2.33. The van der Waals surface area contributed by atoms with Crippen LogP contribution in [0.25, 0.3) is 0 Å². The molecule has 0 aromatic heterocycles. The number of carbonyl (C=O) groups excluding carboxylic acids is 2. The molecule has 86 valence electrons. The van der Waals surface area contributed by atoms with Crippen LogP contribution in [-0.4, -0.2) is 18.4 Å². The Morgan fingerprint density at radius 2 is 1.80 bits per heavy atom. The van der Waals surface area contributed by atoms with E-state index in [1.807, 2.05) is 20.8 Å². The molecule has 0 heterocycles. The van der Waals surface area contributed by atoms with Gasteiger partial charge in [-0.05, 0) is 19.8 Å². The lowest BCUT2D eigenvalue weighted by Gasteiger charge is -2.41. The van der Waals surface area contributed by atoms with Gasteiger partial charge in [-0.15, -0.1) is 0 Å². The third kappa shape index (κ3) is 2.06. The number of hydrogen-bond donors (Lipinski definition) is 0. The molecule has 1 aliphatic carbocycles. The molecule has 0 aromatic carbocycles. The van der Waals surface area contributed by atoms with Gasteiger partial charge in [-0.2, -0.15) is 0 Å². The summed E-state index contributed by atoms with van der Waals surface area (Å²) in [4.78, 5) is 24.0. The van der Waals surface area contributed by atoms with E-state index < -0.39 is 10.8 Å². The van der Waals surface area contributed by atoms with Crippen molar-refractivity contribution in [2.75, 3.05) is 6.61 Å². The van der Waals surface area contributed by atoms with Crippen molar-refractivity contribution < 1.29 is 14.3 Å². The Labute approximate surface area is 91.2 Å². The lowest BCUT2D eigenvalue weighted by molar-refractivity contribution is -0.169. The Morgan fingerprint density at radius 3 is 2.07 bits per heavy atom. The SMILES string of the molecule is CCOC(=O)C1(C(=O)C(C)(C)C)CCC1. The van der Waals surface area contributed by atoms with Crippen LogP contribution in [0, 0.1) is 10.8 Å². The summed E-state index contributed by atoms with van der Waals surface area (Å²) in [5, 5.41) is 0. The van der Waals surface area contributed by atoms with Gasteiger partial charge in [0.25, 0.3) is 0 Å². The van der Waals surface area contributed by atoms with E-state index >= 15 is 0 Å². The van der Waals surface area contributed by atoms with Gasteiger partial charge < -0.3 is 4.74 Å². The second kappa shape index (κ2) is 3.95. The molecule has 0 saturated heterocycles. The molecule has 0 N–H and O–H groups in total. The molecule has 15 heavy (non-hydrogen) atoms. The molecule has 0 radical (unpaired) electrons. The summed E-state index contributed by atoms with van der Waals surface area (Å²) in [6.45, 7) is 7.68. The topological polar surface area (TPSA) is 43.4 Å². The third-order valence-electron chi connectivity index (χ3n) is 2.99. The van der Waals surface area contributed by atoms with Crippen molar-refractivity contribution >= 4 is 11.8 Å². The molecule has 1 rings (SSSR count). The highest BCUT2D eigenvalue weighted by Crippen LogP contribution is 2.46. The summed E-state index contributed by atoms with van der Waals surface area (Å²) in [6, 6.07) is 0. The zero-order chi connectivity index (χ0) is 11.7. The molecule has 1 aliphatic rings. The van der Waals surface area contributed by atoms with E-state index in [1.54, 1.807) is 6.92 Å². The zero-order valence-corrected chi connectivity index (χ0v) is 10.1. The number of ketones is 1. The Bertz CT molecular complexity index is 269. The summed E-state index contributed by atoms with van der Waals surface area (Å²) in [6.07, 6.45) is 2.25. The van der Waals surface area contributed by atoms with Gasteiger partial charge in [0, 0.05) is 5.41 Å². The van der Waals surface area contributed by atoms with Gasteiger partial charge in [-0.3, -0.25) is 9.59 Å². The molecule has 3 nitrogen and oxygen atoms in total. The van der Waals surface area contributed by atoms with E-state index in [4.69, 9.17) is 4.74 Å². The molecular formula is C12H20O3. The Kier molecular flexibility index (Phi) is 3.22. The maximum atomic E-state index is 12.2. The number of esters is 1. The minimum absolute atomic E-state index is 0.0275. The van der Waals surface area contributed by atoms with Gasteiger partial charge >= 0.3 is 5.97 Å². The number of ether oxygens (including phenoxy) is 1. The van der Waals surface area contributed by atoms with E-state index in [0.717, 1.165) is 6.42 Å². The van der Waals surface area contributed by atoms with Crippen LogP contribution in [0.1, 0.15) is 47.0 Å². The fraction of sp³-hybridized carbons (Fsp3) is 0.833. The summed E-state index contributed by atoms with van der Waals surface area (Å²) in [5.74, 6) is -0.295. The largest absolute Gasteiger partial charge is 0.465 e. The van der Waals surface area contributed by atoms with Gasteiger partial charge in [0.2, 0.25) is 0 Å². The van der Waals surface area contributed by atoms with Crippen molar-refractivity contribution in [3.63, 3.8) is 0 Å². The van der Waals surface area contributed by atoms with Crippen LogP contribution in [0.4, 0.5) is 0 Å². The molecule has 1 saturated carbocycles. The highest BCUT2D eigenvalue weighted by Gasteiger charge is 2.54. The monoisotopic (exact) mass is 212 g/mol. The van der Waals surface area contributed by atoms with E-state index in [-0.39, 0.29) is 11.8 Å². The van der Waals surface area contributed by atoms with Gasteiger partial charge in [-0.25, -0.2) is 0 Å². The Morgan fingerprint density at radius 1 is 1.27 bits per heavy atom. The molecule has 0 bridgehead atoms. The summed E-state index contributed by atoms with van der Waals surface area (Å²) in [7, 11) is 0. The lowest BCUT2D eigenvalue weighted by atomic mass is 9.60. The fourth-order valence-electron chi connectivity index (χ4n) is 2.04. The summed E-state index contributed by atoms with van der Waals surface area (Å²) >= 11 is 0. The highest BCUT2D eigenvalue weighted by molar-refractivity contribution is 6.06. The van der Waals surface area contributed by atoms with Crippen LogP contribution in [0.2, 0.25) is 0 Å². The van der Waals surface area contributed by atoms with Crippen molar-refractivity contribution in [1.29, 1.82) is 0 Å². The van der Waals surface area contributed by atoms with Crippen molar-refractivity contribution in [3.05, 3.63) is 0 Å². The molecule has 0 atom stereocenters. The first kappa shape index (κ1) is 12.2. The molecule has 0 spiro atoms. The molecule has 0 aromatic rings. The van der Waals surface area contributed by atoms with E-state index in [1.165, 1.54) is 0 Å². The van der Waals surface area contributed by atoms with Crippen LogP contribution in [0.15, 0.2) is 0 Å². The van der Waals surface area contributed by atoms with Crippen LogP contribution in [0.5, 0.6) is 0 Å². The molecular weight excluding hydrogens is 192 g/mol. The van der Waals surface area contributed by atoms with E-state index in [2.05, 4.69) is 0 Å². The number of Topliss-reactive ketones (excluding diaryl/α,β-unsaturated/α-hetero) is 1. The van der Waals surface area contributed by atoms with Gasteiger partial charge in [-0.1, -0.05) is 27.2 Å². The molecule has 0 aliphatic heterocycles. The first-order chi connectivity index (χ1) is 6.84. The number of carbonyl (C=O) groups is 2. The van der Waals surface area contributed by atoms with E-state index in [9.17, 15) is 9.59 Å². The second-order valence-corrected chi connectivity index (χ2v) is 5.24. The van der Waals surface area contributed by atoms with Gasteiger partial charge in [0.05, 0.1) is 6.61 Å². The third-order valence-corrected chi connectivity index (χ3v) is 2.99. The van der Waals surface area contributed by atoms with Crippen molar-refractivity contribution in [2.24, 2.45) is 10.8 Å². The van der Waals surface area contributed by atoms with Crippen LogP contribution in [0.3, 0.4) is 0 Å². The number of rotatable bonds is 3. The quantitative estimate of drug-likeness (QED) is 0.532. The average Bonchev–Trinajstić information content (AvgIpc) is 2.00. The first-order valence-electron chi connectivity index (χ1n) is 5.57. The molecule has 0 amide bonds. The smallest absolute Gasteiger partial charge is 0.319 e. The Hall–Kier alpha value is -0.860. The normalized spacial score (nSPS) is 19.2. The first-order valence-corrected chi connectivity index (χ1v) is 5.57. The second-order valence-electron chi connectivity index (χ2n) is 5.24. The molecule has 1 fully saturated rings. The average molecular weight is 212 g/mol. The van der Waals surface area contributed by atoms with Gasteiger partial charge in [0.1, 0.15) is 5.41 Å². The standard InChI is InChI=1S/C12H20O3/c1-5-15-10(14)12(7-6-8-12)9(13)11(2,3)4/h5-8H2,1-4H3. The highest BCUT2D eigenvalue weighted by atomic mass is 16.5. The maximum Gasteiger partial charge on any atom is 0.319 e. The van der Waals surface area contributed by atoms with Gasteiger partial charge in [0.15, 0.2) is 5.78 Å².